The molecule has 4 heteroatoms. The molecule has 0 saturated heterocycles. The minimum Gasteiger partial charge on any atom is -0.286 e. The zero-order chi connectivity index (χ0) is 11.8. The lowest BCUT2D eigenvalue weighted by Gasteiger charge is -2.27. The highest BCUT2D eigenvalue weighted by Gasteiger charge is 2.21. The minimum absolute atomic E-state index is 0.0374. The number of thiol groups is 1. The third-order valence-electron chi connectivity index (χ3n) is 2.34. The maximum Gasteiger partial charge on any atom is 0.235 e. The Balaban J connectivity index is 4.09. The van der Waals surface area contributed by atoms with Gasteiger partial charge in [-0.2, -0.15) is 11.8 Å². The summed E-state index contributed by atoms with van der Waals surface area (Å²) in [5.41, 5.74) is 0. The lowest BCUT2D eigenvalue weighted by Crippen LogP contribution is -2.35. The average molecular weight is 249 g/mol. The van der Waals surface area contributed by atoms with Crippen LogP contribution >= 0.6 is 24.6 Å². The third kappa shape index (κ3) is 5.71. The maximum absolute atomic E-state index is 11.7. The van der Waals surface area contributed by atoms with E-state index in [0.717, 1.165) is 24.3 Å². The molecule has 0 rings (SSSR count). The molecular formula is C11H23NOS2. The minimum atomic E-state index is 0.0374. The quantitative estimate of drug-likeness (QED) is 0.552. The van der Waals surface area contributed by atoms with E-state index in [1.165, 1.54) is 0 Å². The lowest BCUT2D eigenvalue weighted by molar-refractivity contribution is -0.130. The Bertz CT molecular complexity index is 185. The molecule has 0 aromatic heterocycles. The van der Waals surface area contributed by atoms with Gasteiger partial charge in [-0.15, -0.1) is 0 Å². The van der Waals surface area contributed by atoms with Crippen molar-refractivity contribution >= 4 is 30.5 Å². The first-order valence-electron chi connectivity index (χ1n) is 5.64. The molecule has 1 atom stereocenters. The van der Waals surface area contributed by atoms with Gasteiger partial charge in [-0.1, -0.05) is 40.5 Å². The summed E-state index contributed by atoms with van der Waals surface area (Å²) in [5.74, 6) is 2.42. The Hall–Kier alpha value is 0.170. The van der Waals surface area contributed by atoms with Crippen molar-refractivity contribution < 1.29 is 4.79 Å². The van der Waals surface area contributed by atoms with Crippen LogP contribution in [0.25, 0.3) is 0 Å². The predicted molar refractivity (Wildman–Crippen MR) is 72.4 cm³/mol. The first-order valence-corrected chi connectivity index (χ1v) is 7.19. The Labute approximate surface area is 104 Å². The summed E-state index contributed by atoms with van der Waals surface area (Å²) in [5, 5.41) is 0. The van der Waals surface area contributed by atoms with Crippen LogP contribution in [0.2, 0.25) is 0 Å². The van der Waals surface area contributed by atoms with Crippen molar-refractivity contribution in [3.63, 3.8) is 0 Å². The van der Waals surface area contributed by atoms with Gasteiger partial charge in [0.1, 0.15) is 0 Å². The zero-order valence-corrected chi connectivity index (χ0v) is 11.9. The number of rotatable bonds is 7. The first kappa shape index (κ1) is 15.2. The Morgan fingerprint density at radius 2 is 2.00 bits per heavy atom. The first-order chi connectivity index (χ1) is 7.04. The molecule has 0 bridgehead atoms. The summed E-state index contributed by atoms with van der Waals surface area (Å²) >= 11 is 6.23. The van der Waals surface area contributed by atoms with Crippen LogP contribution < -0.4 is 0 Å². The Morgan fingerprint density at radius 3 is 2.40 bits per heavy atom. The van der Waals surface area contributed by atoms with Crippen LogP contribution in [-0.4, -0.2) is 27.8 Å². The van der Waals surface area contributed by atoms with Crippen molar-refractivity contribution in [2.75, 3.05) is 11.5 Å². The van der Waals surface area contributed by atoms with Gasteiger partial charge in [-0.3, -0.25) is 9.10 Å². The van der Waals surface area contributed by atoms with Crippen molar-refractivity contribution in [3.05, 3.63) is 0 Å². The average Bonchev–Trinajstić information content (AvgIpc) is 2.22. The monoisotopic (exact) mass is 249 g/mol. The highest BCUT2D eigenvalue weighted by Crippen LogP contribution is 2.17. The summed E-state index contributed by atoms with van der Waals surface area (Å²) < 4.78 is 1.63. The highest BCUT2D eigenvalue weighted by atomic mass is 32.2. The van der Waals surface area contributed by atoms with Crippen molar-refractivity contribution in [2.24, 2.45) is 5.92 Å². The molecule has 0 heterocycles. The van der Waals surface area contributed by atoms with E-state index in [2.05, 4.69) is 26.7 Å². The number of hydrogen-bond acceptors (Lipinski definition) is 3. The fraction of sp³-hybridized carbons (Fsp3) is 0.909. The van der Waals surface area contributed by atoms with Gasteiger partial charge in [-0.25, -0.2) is 0 Å². The summed E-state index contributed by atoms with van der Waals surface area (Å²) in [6.45, 7) is 8.10. The van der Waals surface area contributed by atoms with Crippen LogP contribution in [0, 0.1) is 5.92 Å². The van der Waals surface area contributed by atoms with Gasteiger partial charge in [0, 0.05) is 12.0 Å². The van der Waals surface area contributed by atoms with Gasteiger partial charge < -0.3 is 0 Å². The van der Waals surface area contributed by atoms with Crippen LogP contribution in [0.15, 0.2) is 0 Å². The number of hydrogen-bond donors (Lipinski definition) is 1. The summed E-state index contributed by atoms with van der Waals surface area (Å²) in [6, 6.07) is 0.280. The standard InChI is InChI=1S/C11H23NOS2/c1-5-10(7-8-15-6-2)12(14)11(13)9(3)4/h9-10,14H,5-8H2,1-4H3. The molecule has 15 heavy (non-hydrogen) atoms. The van der Waals surface area contributed by atoms with Gasteiger partial charge in [0.25, 0.3) is 0 Å². The normalized spacial score (nSPS) is 12.9. The SMILES string of the molecule is CCSCCC(CC)N(S)C(=O)C(C)C. The second-order valence-electron chi connectivity index (χ2n) is 3.89. The number of thioether (sulfide) groups is 1. The second-order valence-corrected chi connectivity index (χ2v) is 5.71. The van der Waals surface area contributed by atoms with E-state index in [9.17, 15) is 4.79 Å². The fourth-order valence-electron chi connectivity index (χ4n) is 1.31. The molecule has 0 aromatic carbocycles. The van der Waals surface area contributed by atoms with Crippen LogP contribution in [0.4, 0.5) is 0 Å². The molecule has 1 amide bonds. The van der Waals surface area contributed by atoms with Gasteiger partial charge in [0.15, 0.2) is 0 Å². The zero-order valence-electron chi connectivity index (χ0n) is 10.2. The number of carbonyl (C=O) groups excluding carboxylic acids is 1. The molecule has 0 aliphatic carbocycles. The Kier molecular flexibility index (Phi) is 8.43. The van der Waals surface area contributed by atoms with Crippen molar-refractivity contribution in [3.8, 4) is 0 Å². The van der Waals surface area contributed by atoms with E-state index >= 15 is 0 Å². The second kappa shape index (κ2) is 8.34. The van der Waals surface area contributed by atoms with Gasteiger partial charge in [0.2, 0.25) is 5.91 Å². The molecule has 0 fully saturated rings. The summed E-state index contributed by atoms with van der Waals surface area (Å²) in [4.78, 5) is 11.7. The van der Waals surface area contributed by atoms with Crippen LogP contribution in [0.3, 0.4) is 0 Å². The lowest BCUT2D eigenvalue weighted by atomic mass is 10.1. The fourth-order valence-corrected chi connectivity index (χ4v) is 2.54. The molecule has 0 aromatic rings. The van der Waals surface area contributed by atoms with Crippen molar-refractivity contribution in [1.29, 1.82) is 0 Å². The summed E-state index contributed by atoms with van der Waals surface area (Å²) in [6.07, 6.45) is 2.02. The molecule has 0 N–H and O–H groups in total. The Morgan fingerprint density at radius 1 is 1.40 bits per heavy atom. The number of carbonyl (C=O) groups is 1. The van der Waals surface area contributed by atoms with Crippen molar-refractivity contribution in [1.82, 2.24) is 4.31 Å². The molecule has 0 saturated carbocycles. The van der Waals surface area contributed by atoms with E-state index in [-0.39, 0.29) is 17.9 Å². The van der Waals surface area contributed by atoms with Crippen LogP contribution in [-0.2, 0) is 4.79 Å². The molecule has 1 unspecified atom stereocenters. The maximum atomic E-state index is 11.7. The van der Waals surface area contributed by atoms with E-state index in [4.69, 9.17) is 0 Å². The predicted octanol–water partition coefficient (Wildman–Crippen LogP) is 3.24. The smallest absolute Gasteiger partial charge is 0.235 e. The molecular weight excluding hydrogens is 226 g/mol. The highest BCUT2D eigenvalue weighted by molar-refractivity contribution is 7.99. The third-order valence-corrected chi connectivity index (χ3v) is 3.79. The van der Waals surface area contributed by atoms with E-state index in [1.54, 1.807) is 4.31 Å². The molecule has 2 nitrogen and oxygen atoms in total. The molecule has 0 aliphatic rings. The topological polar surface area (TPSA) is 20.3 Å². The van der Waals surface area contributed by atoms with E-state index in [1.807, 2.05) is 25.6 Å². The summed E-state index contributed by atoms with van der Waals surface area (Å²) in [7, 11) is 0. The largest absolute Gasteiger partial charge is 0.286 e. The van der Waals surface area contributed by atoms with Crippen LogP contribution in [0.5, 0.6) is 0 Å². The van der Waals surface area contributed by atoms with Crippen LogP contribution in [0.1, 0.15) is 40.5 Å². The molecule has 0 radical (unpaired) electrons. The molecule has 0 spiro atoms. The van der Waals surface area contributed by atoms with Gasteiger partial charge in [-0.05, 0) is 24.3 Å². The number of amides is 1. The molecule has 0 aliphatic heterocycles. The van der Waals surface area contributed by atoms with E-state index in [0.29, 0.717) is 0 Å². The van der Waals surface area contributed by atoms with E-state index < -0.39 is 0 Å². The number of nitrogens with zero attached hydrogens (tertiary/aromatic N) is 1. The van der Waals surface area contributed by atoms with Gasteiger partial charge >= 0.3 is 0 Å². The van der Waals surface area contributed by atoms with Gasteiger partial charge in [0.05, 0.1) is 0 Å². The van der Waals surface area contributed by atoms with Crippen molar-refractivity contribution in [2.45, 2.75) is 46.6 Å². The molecule has 90 valence electrons.